The number of para-hydroxylation sites is 1. The van der Waals surface area contributed by atoms with Crippen molar-refractivity contribution in [3.05, 3.63) is 75.0 Å². The van der Waals surface area contributed by atoms with Crippen molar-refractivity contribution >= 4 is 34.2 Å². The van der Waals surface area contributed by atoms with E-state index in [1.165, 1.54) is 6.42 Å². The number of amides is 2. The number of rotatable bonds is 4. The molecular formula is C24H26ClN3O2. The lowest BCUT2D eigenvalue weighted by Gasteiger charge is -2.34. The van der Waals surface area contributed by atoms with E-state index in [1.807, 2.05) is 43.3 Å². The molecule has 6 heteroatoms. The van der Waals surface area contributed by atoms with Crippen LogP contribution in [0.1, 0.15) is 43.2 Å². The summed E-state index contributed by atoms with van der Waals surface area (Å²) in [4.78, 5) is 30.8. The van der Waals surface area contributed by atoms with Gasteiger partial charge in [-0.1, -0.05) is 55.1 Å². The molecule has 1 heterocycles. The van der Waals surface area contributed by atoms with Gasteiger partial charge in [0.05, 0.1) is 17.3 Å². The van der Waals surface area contributed by atoms with Crippen molar-refractivity contribution in [1.29, 1.82) is 0 Å². The third-order valence-corrected chi connectivity index (χ3v) is 6.14. The van der Waals surface area contributed by atoms with Gasteiger partial charge in [0.25, 0.3) is 5.56 Å². The summed E-state index contributed by atoms with van der Waals surface area (Å²) in [7, 11) is 0. The molecule has 0 unspecified atom stereocenters. The number of fused-ring (bicyclic) bond motifs is 1. The molecule has 2 N–H and O–H groups in total. The first-order valence-corrected chi connectivity index (χ1v) is 10.8. The molecule has 0 saturated heterocycles. The number of benzene rings is 2. The van der Waals surface area contributed by atoms with Gasteiger partial charge in [-0.15, -0.1) is 0 Å². The predicted molar refractivity (Wildman–Crippen MR) is 122 cm³/mol. The Labute approximate surface area is 181 Å². The minimum Gasteiger partial charge on any atom is -0.322 e. The zero-order chi connectivity index (χ0) is 21.1. The van der Waals surface area contributed by atoms with Crippen molar-refractivity contribution < 1.29 is 4.79 Å². The van der Waals surface area contributed by atoms with Crippen LogP contribution in [-0.4, -0.2) is 22.0 Å². The highest BCUT2D eigenvalue weighted by Gasteiger charge is 2.27. The van der Waals surface area contributed by atoms with E-state index in [-0.39, 0.29) is 24.2 Å². The smallest absolute Gasteiger partial charge is 0.322 e. The Morgan fingerprint density at radius 2 is 1.90 bits per heavy atom. The molecule has 1 aromatic heterocycles. The molecule has 0 bridgehead atoms. The third-order valence-electron chi connectivity index (χ3n) is 5.81. The van der Waals surface area contributed by atoms with Crippen LogP contribution in [0.2, 0.25) is 5.02 Å². The molecule has 3 aromatic rings. The van der Waals surface area contributed by atoms with E-state index in [1.54, 1.807) is 17.0 Å². The minimum atomic E-state index is -0.224. The van der Waals surface area contributed by atoms with Crippen LogP contribution < -0.4 is 10.9 Å². The second-order valence-corrected chi connectivity index (χ2v) is 8.45. The van der Waals surface area contributed by atoms with Crippen LogP contribution in [0.4, 0.5) is 10.5 Å². The van der Waals surface area contributed by atoms with E-state index in [9.17, 15) is 9.59 Å². The topological polar surface area (TPSA) is 65.2 Å². The molecule has 2 amide bonds. The van der Waals surface area contributed by atoms with Gasteiger partial charge in [0.1, 0.15) is 0 Å². The summed E-state index contributed by atoms with van der Waals surface area (Å²) in [6.45, 7) is 2.26. The van der Waals surface area contributed by atoms with Crippen molar-refractivity contribution in [2.45, 2.75) is 51.6 Å². The highest BCUT2D eigenvalue weighted by Crippen LogP contribution is 2.26. The van der Waals surface area contributed by atoms with Gasteiger partial charge in [-0.05, 0) is 55.0 Å². The van der Waals surface area contributed by atoms with Crippen LogP contribution in [0.3, 0.4) is 0 Å². The zero-order valence-electron chi connectivity index (χ0n) is 17.1. The maximum atomic E-state index is 13.2. The number of halogens is 1. The molecule has 0 aliphatic heterocycles. The predicted octanol–water partition coefficient (Wildman–Crippen LogP) is 5.86. The number of nitrogens with zero attached hydrogens (tertiary/aromatic N) is 1. The number of aromatic nitrogens is 1. The Balaban J connectivity index is 1.64. The number of pyridine rings is 1. The maximum absolute atomic E-state index is 13.2. The van der Waals surface area contributed by atoms with Gasteiger partial charge < -0.3 is 15.2 Å². The number of carbonyl (C=O) groups is 1. The van der Waals surface area contributed by atoms with Crippen molar-refractivity contribution in [3.63, 3.8) is 0 Å². The minimum absolute atomic E-state index is 0.106. The number of H-pyrrole nitrogens is 1. The Kier molecular flexibility index (Phi) is 6.09. The molecule has 0 spiro atoms. The Hall–Kier alpha value is -2.79. The number of hydrogen-bond donors (Lipinski definition) is 2. The van der Waals surface area contributed by atoms with Crippen molar-refractivity contribution in [2.24, 2.45) is 0 Å². The van der Waals surface area contributed by atoms with Crippen molar-refractivity contribution in [3.8, 4) is 0 Å². The molecule has 5 nitrogen and oxygen atoms in total. The quantitative estimate of drug-likeness (QED) is 0.552. The lowest BCUT2D eigenvalue weighted by atomic mass is 9.94. The van der Waals surface area contributed by atoms with Crippen LogP contribution in [0.25, 0.3) is 10.9 Å². The van der Waals surface area contributed by atoms with Gasteiger partial charge >= 0.3 is 6.03 Å². The molecule has 4 rings (SSSR count). The molecule has 30 heavy (non-hydrogen) atoms. The molecule has 1 aliphatic rings. The lowest BCUT2D eigenvalue weighted by Crippen LogP contribution is -2.44. The van der Waals surface area contributed by atoms with Crippen LogP contribution in [-0.2, 0) is 6.54 Å². The monoisotopic (exact) mass is 423 g/mol. The van der Waals surface area contributed by atoms with E-state index >= 15 is 0 Å². The van der Waals surface area contributed by atoms with Gasteiger partial charge in [0, 0.05) is 17.1 Å². The molecule has 0 radical (unpaired) electrons. The summed E-state index contributed by atoms with van der Waals surface area (Å²) in [5.41, 5.74) is 2.92. The number of anilines is 1. The van der Waals surface area contributed by atoms with E-state index in [0.717, 1.165) is 42.1 Å². The molecule has 1 aliphatic carbocycles. The normalized spacial score (nSPS) is 14.6. The van der Waals surface area contributed by atoms with Crippen LogP contribution >= 0.6 is 11.6 Å². The summed E-state index contributed by atoms with van der Waals surface area (Å²) in [5, 5.41) is 4.39. The fraction of sp³-hybridized carbons (Fsp3) is 0.333. The molecule has 156 valence electrons. The zero-order valence-corrected chi connectivity index (χ0v) is 17.8. The van der Waals surface area contributed by atoms with Crippen molar-refractivity contribution in [1.82, 2.24) is 9.88 Å². The number of aryl methyl sites for hydroxylation is 1. The molecule has 2 aromatic carbocycles. The lowest BCUT2D eigenvalue weighted by molar-refractivity contribution is 0.162. The maximum Gasteiger partial charge on any atom is 0.322 e. The van der Waals surface area contributed by atoms with Gasteiger partial charge in [0.2, 0.25) is 0 Å². The Bertz CT molecular complexity index is 1120. The number of nitrogens with one attached hydrogen (secondary N) is 2. The van der Waals surface area contributed by atoms with Gasteiger partial charge in [-0.25, -0.2) is 4.79 Å². The van der Waals surface area contributed by atoms with Gasteiger partial charge in [-0.2, -0.15) is 0 Å². The highest BCUT2D eigenvalue weighted by molar-refractivity contribution is 6.33. The molecular weight excluding hydrogens is 398 g/mol. The molecule has 1 fully saturated rings. The first kappa shape index (κ1) is 20.5. The summed E-state index contributed by atoms with van der Waals surface area (Å²) in [6, 6.07) is 15.0. The van der Waals surface area contributed by atoms with Crippen molar-refractivity contribution in [2.75, 3.05) is 5.32 Å². The SMILES string of the molecule is Cc1ccc2cc(CN(C(=O)Nc3ccccc3Cl)C3CCCCC3)c(=O)[nH]c2c1. The van der Waals surface area contributed by atoms with Crippen LogP contribution in [0.5, 0.6) is 0 Å². The van der Waals surface area contributed by atoms with E-state index in [4.69, 9.17) is 11.6 Å². The summed E-state index contributed by atoms with van der Waals surface area (Å²) in [6.07, 6.45) is 5.26. The molecule has 0 atom stereocenters. The van der Waals surface area contributed by atoms with E-state index in [0.29, 0.717) is 16.3 Å². The van der Waals surface area contributed by atoms with Crippen LogP contribution in [0.15, 0.2) is 53.3 Å². The fourth-order valence-electron chi connectivity index (χ4n) is 4.17. The second kappa shape index (κ2) is 8.92. The fourth-order valence-corrected chi connectivity index (χ4v) is 4.35. The Morgan fingerprint density at radius 3 is 2.67 bits per heavy atom. The number of aromatic amines is 1. The summed E-state index contributed by atoms with van der Waals surface area (Å²) in [5.74, 6) is 0. The van der Waals surface area contributed by atoms with Crippen LogP contribution in [0, 0.1) is 6.92 Å². The van der Waals surface area contributed by atoms with E-state index in [2.05, 4.69) is 10.3 Å². The van der Waals surface area contributed by atoms with E-state index < -0.39 is 0 Å². The average molecular weight is 424 g/mol. The second-order valence-electron chi connectivity index (χ2n) is 8.04. The van der Waals surface area contributed by atoms with Gasteiger partial charge in [-0.3, -0.25) is 4.79 Å². The Morgan fingerprint density at radius 1 is 1.13 bits per heavy atom. The third kappa shape index (κ3) is 4.51. The number of hydrogen-bond acceptors (Lipinski definition) is 2. The van der Waals surface area contributed by atoms with Gasteiger partial charge in [0.15, 0.2) is 0 Å². The number of carbonyl (C=O) groups excluding carboxylic acids is 1. The summed E-state index contributed by atoms with van der Waals surface area (Å²) >= 11 is 6.23. The molecule has 1 saturated carbocycles. The number of urea groups is 1. The largest absolute Gasteiger partial charge is 0.322 e. The first-order valence-electron chi connectivity index (χ1n) is 10.5. The highest BCUT2D eigenvalue weighted by atomic mass is 35.5. The average Bonchev–Trinajstić information content (AvgIpc) is 2.74. The first-order chi connectivity index (χ1) is 14.5. The summed E-state index contributed by atoms with van der Waals surface area (Å²) < 4.78 is 0. The standard InChI is InChI=1S/C24H26ClN3O2/c1-16-11-12-17-14-18(23(29)26-22(17)13-16)15-28(19-7-3-2-4-8-19)24(30)27-21-10-6-5-9-20(21)25/h5-6,9-14,19H,2-4,7-8,15H2,1H3,(H,26,29)(H,27,30).